The quantitative estimate of drug-likeness (QED) is 0.594. The molecule has 27 heavy (non-hydrogen) atoms. The molecule has 1 amide bonds. The molecule has 0 aliphatic rings. The Labute approximate surface area is 156 Å². The van der Waals surface area contributed by atoms with Crippen molar-refractivity contribution in [2.45, 2.75) is 33.0 Å². The topological polar surface area (TPSA) is 81.7 Å². The van der Waals surface area contributed by atoms with Crippen molar-refractivity contribution in [3.63, 3.8) is 0 Å². The highest BCUT2D eigenvalue weighted by atomic mass is 19.1. The first-order valence-electron chi connectivity index (χ1n) is 8.31. The van der Waals surface area contributed by atoms with Gasteiger partial charge in [-0.1, -0.05) is 0 Å². The summed E-state index contributed by atoms with van der Waals surface area (Å²) >= 11 is 0. The van der Waals surface area contributed by atoms with Gasteiger partial charge < -0.3 is 14.8 Å². The minimum absolute atomic E-state index is 0.0784. The molecule has 0 spiro atoms. The minimum atomic E-state index is -1.05. The van der Waals surface area contributed by atoms with Gasteiger partial charge >= 0.3 is 5.97 Å². The van der Waals surface area contributed by atoms with E-state index in [4.69, 9.17) is 9.47 Å². The summed E-state index contributed by atoms with van der Waals surface area (Å²) in [4.78, 5) is 35.5. The monoisotopic (exact) mass is 373 g/mol. The molecule has 2 aromatic carbocycles. The fraction of sp³-hybridized carbons (Fsp3) is 0.250. The molecule has 7 heteroatoms. The second kappa shape index (κ2) is 8.93. The van der Waals surface area contributed by atoms with E-state index in [1.165, 1.54) is 45.0 Å². The molecule has 0 heterocycles. The number of ketones is 1. The Morgan fingerprint density at radius 2 is 1.52 bits per heavy atom. The third kappa shape index (κ3) is 5.91. The van der Waals surface area contributed by atoms with Gasteiger partial charge in [0.05, 0.1) is 0 Å². The van der Waals surface area contributed by atoms with Crippen LogP contribution in [0.1, 0.15) is 31.1 Å². The van der Waals surface area contributed by atoms with E-state index in [0.717, 1.165) is 0 Å². The number of ether oxygens (including phenoxy) is 2. The third-order valence-electron chi connectivity index (χ3n) is 3.68. The Kier molecular flexibility index (Phi) is 6.65. The van der Waals surface area contributed by atoms with Crippen LogP contribution >= 0.6 is 0 Å². The smallest absolute Gasteiger partial charge is 0.347 e. The fourth-order valence-corrected chi connectivity index (χ4v) is 2.12. The molecule has 1 N–H and O–H groups in total. The van der Waals surface area contributed by atoms with Crippen LogP contribution in [0, 0.1) is 5.82 Å². The normalized spacial score (nSPS) is 12.6. The lowest BCUT2D eigenvalue weighted by Gasteiger charge is -2.18. The third-order valence-corrected chi connectivity index (χ3v) is 3.68. The summed E-state index contributed by atoms with van der Waals surface area (Å²) in [6.45, 7) is 4.35. The molecular weight excluding hydrogens is 353 g/mol. The van der Waals surface area contributed by atoms with Crippen molar-refractivity contribution in [2.75, 3.05) is 5.32 Å². The average molecular weight is 373 g/mol. The SMILES string of the molecule is CC(=O)c1ccc(NC(=O)[C@@H](C)OC(=O)[C@@H](C)Oc2ccc(F)cc2)cc1. The molecular formula is C20H20FNO5. The average Bonchev–Trinajstić information content (AvgIpc) is 2.63. The summed E-state index contributed by atoms with van der Waals surface area (Å²) < 4.78 is 23.3. The van der Waals surface area contributed by atoms with Crippen LogP contribution < -0.4 is 10.1 Å². The molecule has 0 radical (unpaired) electrons. The van der Waals surface area contributed by atoms with Gasteiger partial charge in [-0.05, 0) is 69.3 Å². The molecule has 142 valence electrons. The van der Waals surface area contributed by atoms with E-state index in [9.17, 15) is 18.8 Å². The van der Waals surface area contributed by atoms with Crippen molar-refractivity contribution in [3.8, 4) is 5.75 Å². The number of anilines is 1. The molecule has 2 atom stereocenters. The van der Waals surface area contributed by atoms with E-state index in [2.05, 4.69) is 5.32 Å². The minimum Gasteiger partial charge on any atom is -0.479 e. The number of Topliss-reactive ketones (excluding diaryl/α,β-unsaturated/α-hetero) is 1. The maximum Gasteiger partial charge on any atom is 0.347 e. The van der Waals surface area contributed by atoms with Gasteiger partial charge in [-0.25, -0.2) is 9.18 Å². The predicted molar refractivity (Wildman–Crippen MR) is 97.1 cm³/mol. The van der Waals surface area contributed by atoms with Gasteiger partial charge in [0, 0.05) is 11.3 Å². The van der Waals surface area contributed by atoms with Gasteiger partial charge in [-0.2, -0.15) is 0 Å². The molecule has 0 saturated carbocycles. The highest BCUT2D eigenvalue weighted by Gasteiger charge is 2.23. The molecule has 0 bridgehead atoms. The molecule has 0 fully saturated rings. The van der Waals surface area contributed by atoms with Gasteiger partial charge in [0.15, 0.2) is 18.0 Å². The van der Waals surface area contributed by atoms with Gasteiger partial charge in [-0.15, -0.1) is 0 Å². The second-order valence-corrected chi connectivity index (χ2v) is 5.92. The maximum absolute atomic E-state index is 12.9. The van der Waals surface area contributed by atoms with E-state index >= 15 is 0 Å². The Hall–Kier alpha value is -3.22. The molecule has 2 aromatic rings. The first-order valence-corrected chi connectivity index (χ1v) is 8.31. The van der Waals surface area contributed by atoms with Gasteiger partial charge in [0.2, 0.25) is 0 Å². The molecule has 2 rings (SSSR count). The standard InChI is InChI=1S/C20H20FNO5/c1-12(23)15-4-8-17(9-5-15)22-19(24)13(2)27-20(25)14(3)26-18-10-6-16(21)7-11-18/h4-11,13-14H,1-3H3,(H,22,24)/t13-,14-/m1/s1. The van der Waals surface area contributed by atoms with Crippen molar-refractivity contribution in [2.24, 2.45) is 0 Å². The predicted octanol–water partition coefficient (Wildman–Crippen LogP) is 3.37. The lowest BCUT2D eigenvalue weighted by Crippen LogP contribution is -2.35. The Morgan fingerprint density at radius 1 is 0.926 bits per heavy atom. The molecule has 0 unspecified atom stereocenters. The van der Waals surface area contributed by atoms with Crippen LogP contribution in [-0.2, 0) is 14.3 Å². The van der Waals surface area contributed by atoms with Crippen LogP contribution in [0.25, 0.3) is 0 Å². The lowest BCUT2D eigenvalue weighted by molar-refractivity contribution is -0.159. The number of amides is 1. The second-order valence-electron chi connectivity index (χ2n) is 5.92. The molecule has 0 aromatic heterocycles. The van der Waals surface area contributed by atoms with Crippen LogP contribution in [0.3, 0.4) is 0 Å². The maximum atomic E-state index is 12.9. The number of esters is 1. The largest absolute Gasteiger partial charge is 0.479 e. The zero-order chi connectivity index (χ0) is 20.0. The molecule has 0 saturated heterocycles. The summed E-state index contributed by atoms with van der Waals surface area (Å²) in [6, 6.07) is 11.6. The van der Waals surface area contributed by atoms with Crippen LogP contribution in [0.2, 0.25) is 0 Å². The summed E-state index contributed by atoms with van der Waals surface area (Å²) in [6.07, 6.45) is -2.02. The number of benzene rings is 2. The zero-order valence-corrected chi connectivity index (χ0v) is 15.2. The van der Waals surface area contributed by atoms with Crippen LogP contribution in [0.5, 0.6) is 5.75 Å². The van der Waals surface area contributed by atoms with Crippen LogP contribution in [0.4, 0.5) is 10.1 Å². The van der Waals surface area contributed by atoms with Crippen molar-refractivity contribution in [1.29, 1.82) is 0 Å². The summed E-state index contributed by atoms with van der Waals surface area (Å²) in [5.41, 5.74) is 1.00. The van der Waals surface area contributed by atoms with Crippen molar-refractivity contribution in [3.05, 3.63) is 59.9 Å². The number of rotatable bonds is 7. The van der Waals surface area contributed by atoms with Crippen LogP contribution in [0.15, 0.2) is 48.5 Å². The summed E-state index contributed by atoms with van der Waals surface area (Å²) in [7, 11) is 0. The van der Waals surface area contributed by atoms with E-state index in [1.54, 1.807) is 24.3 Å². The van der Waals surface area contributed by atoms with Crippen LogP contribution in [-0.4, -0.2) is 29.9 Å². The Balaban J connectivity index is 1.87. The summed E-state index contributed by atoms with van der Waals surface area (Å²) in [5, 5.41) is 2.60. The van der Waals surface area contributed by atoms with Gasteiger partial charge in [-0.3, -0.25) is 9.59 Å². The van der Waals surface area contributed by atoms with E-state index < -0.39 is 29.9 Å². The molecule has 0 aliphatic heterocycles. The van der Waals surface area contributed by atoms with Gasteiger partial charge in [0.1, 0.15) is 11.6 Å². The highest BCUT2D eigenvalue weighted by Crippen LogP contribution is 2.14. The van der Waals surface area contributed by atoms with Gasteiger partial charge in [0.25, 0.3) is 5.91 Å². The lowest BCUT2D eigenvalue weighted by atomic mass is 10.1. The van der Waals surface area contributed by atoms with Crippen molar-refractivity contribution >= 4 is 23.3 Å². The van der Waals surface area contributed by atoms with E-state index in [1.807, 2.05) is 0 Å². The number of carbonyl (C=O) groups is 3. The van der Waals surface area contributed by atoms with Crippen molar-refractivity contribution in [1.82, 2.24) is 0 Å². The number of carbonyl (C=O) groups excluding carboxylic acids is 3. The number of hydrogen-bond donors (Lipinski definition) is 1. The Morgan fingerprint density at radius 3 is 2.07 bits per heavy atom. The number of nitrogens with one attached hydrogen (secondary N) is 1. The molecule has 0 aliphatic carbocycles. The highest BCUT2D eigenvalue weighted by molar-refractivity contribution is 5.97. The van der Waals surface area contributed by atoms with E-state index in [0.29, 0.717) is 17.0 Å². The number of hydrogen-bond acceptors (Lipinski definition) is 5. The first kappa shape index (κ1) is 20.1. The fourth-order valence-electron chi connectivity index (χ4n) is 2.12. The zero-order valence-electron chi connectivity index (χ0n) is 15.2. The van der Waals surface area contributed by atoms with Crippen molar-refractivity contribution < 1.29 is 28.2 Å². The Bertz CT molecular complexity index is 817. The molecule has 6 nitrogen and oxygen atoms in total. The first-order chi connectivity index (χ1) is 12.8. The number of halogens is 1. The summed E-state index contributed by atoms with van der Waals surface area (Å²) in [5.74, 6) is -1.44. The van der Waals surface area contributed by atoms with E-state index in [-0.39, 0.29) is 5.78 Å².